The van der Waals surface area contributed by atoms with E-state index in [1.54, 1.807) is 42.6 Å². The number of benzene rings is 2. The van der Waals surface area contributed by atoms with E-state index in [0.29, 0.717) is 17.4 Å². The molecule has 0 spiro atoms. The Morgan fingerprint density at radius 1 is 1.21 bits per heavy atom. The van der Waals surface area contributed by atoms with E-state index in [9.17, 15) is 13.5 Å². The van der Waals surface area contributed by atoms with Crippen LogP contribution in [0.15, 0.2) is 78.3 Å². The molecule has 0 aliphatic carbocycles. The zero-order valence-electron chi connectivity index (χ0n) is 18.2. The lowest BCUT2D eigenvalue weighted by molar-refractivity contribution is -0.0899. The van der Waals surface area contributed by atoms with Crippen LogP contribution >= 0.6 is 0 Å². The molecule has 3 aliphatic heterocycles. The molecule has 5 atom stereocenters. The second kappa shape index (κ2) is 8.87. The van der Waals surface area contributed by atoms with Crippen LogP contribution in [0.1, 0.15) is 24.5 Å². The fourth-order valence-corrected chi connectivity index (χ4v) is 6.05. The van der Waals surface area contributed by atoms with Crippen molar-refractivity contribution in [2.45, 2.75) is 29.9 Å². The first-order valence-corrected chi connectivity index (χ1v) is 12.6. The van der Waals surface area contributed by atoms with Gasteiger partial charge in [0, 0.05) is 24.2 Å². The van der Waals surface area contributed by atoms with Crippen LogP contribution in [0.2, 0.25) is 0 Å². The minimum absolute atomic E-state index is 0.0219. The molecule has 1 unspecified atom stereocenters. The zero-order valence-corrected chi connectivity index (χ0v) is 19.0. The number of nitrogens with zero attached hydrogens (tertiary/aromatic N) is 2. The second-order valence-electron chi connectivity index (χ2n) is 8.79. The lowest BCUT2D eigenvalue weighted by Gasteiger charge is -2.51. The largest absolute Gasteiger partial charge is 0.508 e. The molecule has 3 aromatic rings. The summed E-state index contributed by atoms with van der Waals surface area (Å²) in [5, 5.41) is 10.9. The Hall–Kier alpha value is -2.78. The minimum Gasteiger partial charge on any atom is -0.508 e. The van der Waals surface area contributed by atoms with Crippen LogP contribution in [0.3, 0.4) is 0 Å². The highest BCUT2D eigenvalue weighted by molar-refractivity contribution is 7.89. The molecule has 0 saturated carbocycles. The topological polar surface area (TPSA) is 91.8 Å². The molecule has 33 heavy (non-hydrogen) atoms. The van der Waals surface area contributed by atoms with Crippen molar-refractivity contribution in [2.75, 3.05) is 13.1 Å². The van der Waals surface area contributed by atoms with Gasteiger partial charge in [-0.05, 0) is 73.2 Å². The third-order valence-electron chi connectivity index (χ3n) is 6.91. The highest BCUT2D eigenvalue weighted by Crippen LogP contribution is 2.43. The number of pyridine rings is 1. The van der Waals surface area contributed by atoms with E-state index in [1.165, 1.54) is 12.1 Å². The number of phenols is 1. The average Bonchev–Trinajstić information content (AvgIpc) is 2.85. The molecule has 1 aromatic heterocycles. The standard InChI is InChI=1S/C25H27N3O4S/c1-2-17-16-28-13-11-18(17)14-24(28)25(32-27-33(30,31)20-6-4-3-5-7-20)21-10-12-26-23-9-8-19(29)15-22(21)23/h2-10,12,15,17-18,24-25,27,29H,1,11,13-14,16H2/t17-,18-,24+,25-/m0/s1. The summed E-state index contributed by atoms with van der Waals surface area (Å²) in [5.41, 5.74) is 1.50. The van der Waals surface area contributed by atoms with Gasteiger partial charge in [-0.25, -0.2) is 8.42 Å². The van der Waals surface area contributed by atoms with Crippen molar-refractivity contribution in [2.24, 2.45) is 11.8 Å². The fourth-order valence-electron chi connectivity index (χ4n) is 5.21. The number of rotatable bonds is 7. The van der Waals surface area contributed by atoms with Gasteiger partial charge in [0.1, 0.15) is 11.9 Å². The predicted octanol–water partition coefficient (Wildman–Crippen LogP) is 3.79. The molecule has 2 bridgehead atoms. The number of hydrogen-bond donors (Lipinski definition) is 2. The van der Waals surface area contributed by atoms with E-state index in [1.807, 2.05) is 12.1 Å². The van der Waals surface area contributed by atoms with Crippen molar-refractivity contribution in [1.29, 1.82) is 0 Å². The van der Waals surface area contributed by atoms with Gasteiger partial charge in [-0.3, -0.25) is 14.7 Å². The predicted molar refractivity (Wildman–Crippen MR) is 126 cm³/mol. The maximum Gasteiger partial charge on any atom is 0.262 e. The van der Waals surface area contributed by atoms with Gasteiger partial charge in [0.15, 0.2) is 0 Å². The Labute approximate surface area is 193 Å². The zero-order chi connectivity index (χ0) is 23.0. The molecule has 2 N–H and O–H groups in total. The van der Waals surface area contributed by atoms with Crippen LogP contribution in [0, 0.1) is 11.8 Å². The summed E-state index contributed by atoms with van der Waals surface area (Å²) >= 11 is 0. The molecule has 6 rings (SSSR count). The van der Waals surface area contributed by atoms with Crippen molar-refractivity contribution in [3.63, 3.8) is 0 Å². The normalized spacial score (nSPS) is 25.7. The lowest BCUT2D eigenvalue weighted by Crippen LogP contribution is -2.55. The van der Waals surface area contributed by atoms with E-state index in [2.05, 4.69) is 21.3 Å². The van der Waals surface area contributed by atoms with Crippen LogP contribution in [0.5, 0.6) is 5.75 Å². The summed E-state index contributed by atoms with van der Waals surface area (Å²) in [5.74, 6) is 1.03. The summed E-state index contributed by atoms with van der Waals surface area (Å²) < 4.78 is 25.8. The lowest BCUT2D eigenvalue weighted by atomic mass is 9.73. The van der Waals surface area contributed by atoms with E-state index in [-0.39, 0.29) is 16.7 Å². The van der Waals surface area contributed by atoms with E-state index in [0.717, 1.165) is 36.9 Å². The first-order chi connectivity index (χ1) is 16.0. The van der Waals surface area contributed by atoms with Crippen LogP contribution in [-0.4, -0.2) is 42.5 Å². The third-order valence-corrected chi connectivity index (χ3v) is 8.12. The summed E-state index contributed by atoms with van der Waals surface area (Å²) in [6, 6.07) is 15.0. The molecule has 3 fully saturated rings. The smallest absolute Gasteiger partial charge is 0.262 e. The molecule has 0 radical (unpaired) electrons. The Bertz CT molecular complexity index is 1270. The maximum absolute atomic E-state index is 12.9. The summed E-state index contributed by atoms with van der Waals surface area (Å²) in [4.78, 5) is 15.3. The van der Waals surface area contributed by atoms with Crippen molar-refractivity contribution < 1.29 is 18.4 Å². The SMILES string of the molecule is C=C[C@H]1CN2CC[C@H]1C[C@@H]2[C@@H](ONS(=O)(=O)c1ccccc1)c1ccnc2ccc(O)cc12. The van der Waals surface area contributed by atoms with Gasteiger partial charge in [0.25, 0.3) is 10.0 Å². The molecule has 3 aliphatic rings. The summed E-state index contributed by atoms with van der Waals surface area (Å²) in [6.45, 7) is 5.80. The molecule has 3 saturated heterocycles. The molecule has 8 heteroatoms. The first kappa shape index (κ1) is 22.0. The van der Waals surface area contributed by atoms with E-state index >= 15 is 0 Å². The minimum atomic E-state index is -3.86. The van der Waals surface area contributed by atoms with E-state index < -0.39 is 16.1 Å². The number of nitrogens with one attached hydrogen (secondary N) is 1. The Kier molecular flexibility index (Phi) is 5.92. The van der Waals surface area contributed by atoms with Crippen molar-refractivity contribution in [3.8, 4) is 5.75 Å². The number of piperidine rings is 3. The van der Waals surface area contributed by atoms with Gasteiger partial charge >= 0.3 is 0 Å². The summed E-state index contributed by atoms with van der Waals surface area (Å²) in [7, 11) is -3.86. The number of phenolic OH excluding ortho intramolecular Hbond substituents is 1. The van der Waals surface area contributed by atoms with Crippen molar-refractivity contribution in [3.05, 3.63) is 79.0 Å². The molecular formula is C25H27N3O4S. The Morgan fingerprint density at radius 3 is 2.76 bits per heavy atom. The van der Waals surface area contributed by atoms with Crippen molar-refractivity contribution in [1.82, 2.24) is 14.8 Å². The molecule has 0 amide bonds. The molecular weight excluding hydrogens is 438 g/mol. The third kappa shape index (κ3) is 4.27. The molecule has 172 valence electrons. The van der Waals surface area contributed by atoms with Crippen LogP contribution in [0.4, 0.5) is 0 Å². The number of fused-ring (bicyclic) bond motifs is 4. The number of hydrogen-bond acceptors (Lipinski definition) is 6. The number of aromatic hydroxyl groups is 1. The highest BCUT2D eigenvalue weighted by atomic mass is 32.2. The van der Waals surface area contributed by atoms with Gasteiger partial charge in [0.05, 0.1) is 10.4 Å². The van der Waals surface area contributed by atoms with E-state index in [4.69, 9.17) is 4.84 Å². The van der Waals surface area contributed by atoms with Gasteiger partial charge < -0.3 is 5.11 Å². The van der Waals surface area contributed by atoms with Gasteiger partial charge in [-0.15, -0.1) is 6.58 Å². The maximum atomic E-state index is 12.9. The number of aromatic nitrogens is 1. The van der Waals surface area contributed by atoms with Crippen LogP contribution in [-0.2, 0) is 14.9 Å². The van der Waals surface area contributed by atoms with Gasteiger partial charge in [-0.1, -0.05) is 29.2 Å². The Balaban J connectivity index is 1.52. The monoisotopic (exact) mass is 465 g/mol. The van der Waals surface area contributed by atoms with Gasteiger partial charge in [-0.2, -0.15) is 0 Å². The number of sulfonamides is 1. The summed E-state index contributed by atoms with van der Waals surface area (Å²) in [6.07, 6.45) is 5.11. The highest BCUT2D eigenvalue weighted by Gasteiger charge is 2.44. The Morgan fingerprint density at radius 2 is 2.03 bits per heavy atom. The first-order valence-electron chi connectivity index (χ1n) is 11.1. The molecule has 4 heterocycles. The second-order valence-corrected chi connectivity index (χ2v) is 10.4. The molecule has 2 aromatic carbocycles. The van der Waals surface area contributed by atoms with Crippen LogP contribution in [0.25, 0.3) is 10.9 Å². The fraction of sp³-hybridized carbons (Fsp3) is 0.320. The van der Waals surface area contributed by atoms with Crippen LogP contribution < -0.4 is 4.89 Å². The van der Waals surface area contributed by atoms with Crippen molar-refractivity contribution >= 4 is 20.9 Å². The quantitative estimate of drug-likeness (QED) is 0.408. The molecule has 7 nitrogen and oxygen atoms in total. The van der Waals surface area contributed by atoms with Gasteiger partial charge in [0.2, 0.25) is 0 Å². The average molecular weight is 466 g/mol.